The van der Waals surface area contributed by atoms with Gasteiger partial charge < -0.3 is 15.1 Å². The van der Waals surface area contributed by atoms with Crippen LogP contribution in [0.1, 0.15) is 45.0 Å². The third kappa shape index (κ3) is 4.44. The number of carbonyl (C=O) groups excluding carboxylic acids is 2. The molecule has 0 bridgehead atoms. The van der Waals surface area contributed by atoms with Crippen molar-refractivity contribution in [2.75, 3.05) is 7.05 Å². The van der Waals surface area contributed by atoms with Crippen LogP contribution in [0.4, 0.5) is 17.6 Å². The van der Waals surface area contributed by atoms with Gasteiger partial charge in [0.25, 0.3) is 11.8 Å². The van der Waals surface area contributed by atoms with Gasteiger partial charge in [0.05, 0.1) is 21.5 Å². The van der Waals surface area contributed by atoms with Crippen molar-refractivity contribution in [3.05, 3.63) is 63.7 Å². The molecule has 38 heavy (non-hydrogen) atoms. The maximum atomic E-state index is 13.5. The molecule has 2 amide bonds. The summed E-state index contributed by atoms with van der Waals surface area (Å²) in [5.74, 6) is -0.492. The lowest BCUT2D eigenvalue weighted by atomic mass is 9.99. The molecule has 6 rings (SSSR count). The zero-order valence-electron chi connectivity index (χ0n) is 20.0. The Morgan fingerprint density at radius 2 is 1.84 bits per heavy atom. The number of aryl methyl sites for hydroxylation is 1. The van der Waals surface area contributed by atoms with Crippen molar-refractivity contribution in [3.63, 3.8) is 0 Å². The molecule has 1 aromatic carbocycles. The highest BCUT2D eigenvalue weighted by Crippen LogP contribution is 2.66. The molecule has 2 saturated carbocycles. The SMILES string of the molecule is CNC(=O)c1c(-c2ccc(F)cc2)oc2nc(CCC(F)(F)F)c(-c3csc(C(=O)NC45CC4C5)c3)cc12. The van der Waals surface area contributed by atoms with Crippen LogP contribution < -0.4 is 10.6 Å². The maximum absolute atomic E-state index is 13.5. The van der Waals surface area contributed by atoms with Crippen LogP contribution in [-0.2, 0) is 6.42 Å². The number of thiophene rings is 1. The zero-order valence-corrected chi connectivity index (χ0v) is 20.9. The fraction of sp³-hybridized carbons (Fsp3) is 0.296. The van der Waals surface area contributed by atoms with Gasteiger partial charge in [-0.1, -0.05) is 0 Å². The summed E-state index contributed by atoms with van der Waals surface area (Å²) in [6, 6.07) is 8.53. The van der Waals surface area contributed by atoms with Crippen molar-refractivity contribution in [1.82, 2.24) is 15.6 Å². The van der Waals surface area contributed by atoms with Crippen molar-refractivity contribution in [2.24, 2.45) is 5.92 Å². The number of aromatic nitrogens is 1. The second-order valence-electron chi connectivity index (χ2n) is 9.76. The van der Waals surface area contributed by atoms with E-state index in [9.17, 15) is 27.2 Å². The van der Waals surface area contributed by atoms with E-state index in [0.717, 1.165) is 12.8 Å². The first kappa shape index (κ1) is 24.6. The number of amides is 2. The van der Waals surface area contributed by atoms with E-state index < -0.39 is 30.7 Å². The minimum Gasteiger partial charge on any atom is -0.437 e. The minimum absolute atomic E-state index is 0.00958. The second kappa shape index (κ2) is 8.65. The Bertz CT molecular complexity index is 1580. The number of benzene rings is 1. The van der Waals surface area contributed by atoms with E-state index in [2.05, 4.69) is 15.6 Å². The van der Waals surface area contributed by atoms with E-state index in [4.69, 9.17) is 4.42 Å². The topological polar surface area (TPSA) is 84.2 Å². The molecule has 3 aromatic heterocycles. The molecule has 196 valence electrons. The molecule has 0 radical (unpaired) electrons. The Balaban J connectivity index is 1.47. The molecule has 11 heteroatoms. The minimum atomic E-state index is -4.41. The number of hydrogen-bond donors (Lipinski definition) is 2. The van der Waals surface area contributed by atoms with Gasteiger partial charge in [0.15, 0.2) is 0 Å². The summed E-state index contributed by atoms with van der Waals surface area (Å²) >= 11 is 1.20. The molecule has 3 heterocycles. The van der Waals surface area contributed by atoms with Gasteiger partial charge in [-0.2, -0.15) is 13.2 Å². The first-order valence-electron chi connectivity index (χ1n) is 12.0. The Morgan fingerprint density at radius 3 is 2.47 bits per heavy atom. The normalized spacial score (nSPS) is 19.8. The zero-order chi connectivity index (χ0) is 26.8. The van der Waals surface area contributed by atoms with Crippen LogP contribution in [0.3, 0.4) is 0 Å². The van der Waals surface area contributed by atoms with Crippen molar-refractivity contribution >= 4 is 34.3 Å². The van der Waals surface area contributed by atoms with Crippen LogP contribution in [-0.4, -0.2) is 35.6 Å². The smallest absolute Gasteiger partial charge is 0.389 e. The molecule has 0 aliphatic heterocycles. The number of furan rings is 1. The highest BCUT2D eigenvalue weighted by molar-refractivity contribution is 7.12. The van der Waals surface area contributed by atoms with Crippen LogP contribution in [0.2, 0.25) is 0 Å². The Kier molecular flexibility index (Phi) is 5.60. The Morgan fingerprint density at radius 1 is 1.13 bits per heavy atom. The number of hydrogen-bond acceptors (Lipinski definition) is 5. The molecule has 2 N–H and O–H groups in total. The summed E-state index contributed by atoms with van der Waals surface area (Å²) in [6.45, 7) is 0. The predicted octanol–water partition coefficient (Wildman–Crippen LogP) is 6.11. The van der Waals surface area contributed by atoms with Crippen LogP contribution in [0, 0.1) is 11.7 Å². The van der Waals surface area contributed by atoms with E-state index >= 15 is 0 Å². The Hall–Kier alpha value is -3.73. The Labute approximate surface area is 218 Å². The number of carbonyl (C=O) groups is 2. The van der Waals surface area contributed by atoms with E-state index in [0.29, 0.717) is 32.9 Å². The molecule has 0 atom stereocenters. The van der Waals surface area contributed by atoms with Gasteiger partial charge in [0.1, 0.15) is 11.6 Å². The lowest BCUT2D eigenvalue weighted by Gasteiger charge is -2.10. The molecule has 2 aliphatic rings. The summed E-state index contributed by atoms with van der Waals surface area (Å²) in [5, 5.41) is 7.59. The van der Waals surface area contributed by atoms with Crippen molar-refractivity contribution < 1.29 is 31.6 Å². The average molecular weight is 544 g/mol. The van der Waals surface area contributed by atoms with Gasteiger partial charge in [-0.25, -0.2) is 9.37 Å². The van der Waals surface area contributed by atoms with E-state index in [1.807, 2.05) is 0 Å². The largest absolute Gasteiger partial charge is 0.437 e. The van der Waals surface area contributed by atoms with Gasteiger partial charge in [-0.3, -0.25) is 9.59 Å². The van der Waals surface area contributed by atoms with Crippen molar-refractivity contribution in [3.8, 4) is 22.5 Å². The monoisotopic (exact) mass is 543 g/mol. The molecule has 4 aromatic rings. The number of alkyl halides is 3. The van der Waals surface area contributed by atoms with Gasteiger partial charge in [0.2, 0.25) is 5.71 Å². The molecule has 2 fully saturated rings. The highest BCUT2D eigenvalue weighted by atomic mass is 32.1. The van der Waals surface area contributed by atoms with Gasteiger partial charge in [0, 0.05) is 30.1 Å². The second-order valence-corrected chi connectivity index (χ2v) is 10.7. The van der Waals surface area contributed by atoms with Gasteiger partial charge in [-0.05, 0) is 72.5 Å². The fourth-order valence-corrected chi connectivity index (χ4v) is 5.51. The lowest BCUT2D eigenvalue weighted by Crippen LogP contribution is -2.29. The predicted molar refractivity (Wildman–Crippen MR) is 133 cm³/mol. The van der Waals surface area contributed by atoms with E-state index in [1.165, 1.54) is 42.6 Å². The van der Waals surface area contributed by atoms with Gasteiger partial charge >= 0.3 is 6.18 Å². The summed E-state index contributed by atoms with van der Waals surface area (Å²) < 4.78 is 58.9. The lowest BCUT2D eigenvalue weighted by molar-refractivity contribution is -0.134. The van der Waals surface area contributed by atoms with E-state index in [-0.39, 0.29) is 34.2 Å². The number of fused-ring (bicyclic) bond motifs is 2. The molecule has 6 nitrogen and oxygen atoms in total. The molecule has 0 unspecified atom stereocenters. The van der Waals surface area contributed by atoms with E-state index in [1.54, 1.807) is 17.5 Å². The first-order chi connectivity index (χ1) is 18.1. The van der Waals surface area contributed by atoms with Gasteiger partial charge in [-0.15, -0.1) is 11.3 Å². The summed E-state index contributed by atoms with van der Waals surface area (Å²) in [6.07, 6.45) is -3.96. The molecule has 0 spiro atoms. The standard InChI is InChI=1S/C27H21F4N3O3S/c1-32-24(36)21-18-9-17(14-8-20(38-12-14)23(35)34-26-10-15(26)11-26)19(6-7-27(29,30)31)33-25(18)37-22(21)13-2-4-16(28)5-3-13/h2-5,8-9,12,15H,6-7,10-11H2,1H3,(H,32,36)(H,34,35). The van der Waals surface area contributed by atoms with Crippen LogP contribution in [0.15, 0.2) is 46.2 Å². The number of nitrogens with zero attached hydrogens (tertiary/aromatic N) is 1. The average Bonchev–Trinajstić information content (AvgIpc) is 3.55. The fourth-order valence-electron chi connectivity index (χ4n) is 4.71. The summed E-state index contributed by atoms with van der Waals surface area (Å²) in [5.41, 5.74) is 1.51. The number of halogens is 4. The molecule has 2 aliphatic carbocycles. The summed E-state index contributed by atoms with van der Waals surface area (Å²) in [7, 11) is 1.44. The molecule has 0 saturated heterocycles. The number of rotatable bonds is 7. The van der Waals surface area contributed by atoms with Crippen LogP contribution in [0.25, 0.3) is 33.6 Å². The molecular weight excluding hydrogens is 522 g/mol. The van der Waals surface area contributed by atoms with Crippen molar-refractivity contribution in [1.29, 1.82) is 0 Å². The highest BCUT2D eigenvalue weighted by Gasteiger charge is 2.70. The number of nitrogens with one attached hydrogen (secondary N) is 2. The summed E-state index contributed by atoms with van der Waals surface area (Å²) in [4.78, 5) is 30.5. The van der Waals surface area contributed by atoms with Crippen LogP contribution >= 0.6 is 11.3 Å². The molecular formula is C27H21F4N3O3S. The maximum Gasteiger partial charge on any atom is 0.389 e. The number of pyridine rings is 1. The third-order valence-corrected chi connectivity index (χ3v) is 8.08. The first-order valence-corrected chi connectivity index (χ1v) is 12.9. The van der Waals surface area contributed by atoms with Crippen molar-refractivity contribution in [2.45, 2.75) is 37.4 Å². The third-order valence-electron chi connectivity index (χ3n) is 7.15. The quantitative estimate of drug-likeness (QED) is 0.276. The van der Waals surface area contributed by atoms with Crippen LogP contribution in [0.5, 0.6) is 0 Å².